The van der Waals surface area contributed by atoms with Crippen molar-refractivity contribution in [2.24, 2.45) is 0 Å². The van der Waals surface area contributed by atoms with Crippen LogP contribution in [0.4, 0.5) is 0 Å². The Morgan fingerprint density at radius 2 is 2.17 bits per heavy atom. The molecule has 3 aromatic rings. The van der Waals surface area contributed by atoms with Crippen LogP contribution in [-0.2, 0) is 29.0 Å². The molecule has 158 valence electrons. The Hall–Kier alpha value is -2.48. The largest absolute Gasteiger partial charge is 0.459 e. The number of amides is 1. The van der Waals surface area contributed by atoms with E-state index in [4.69, 9.17) is 9.15 Å². The highest BCUT2D eigenvalue weighted by molar-refractivity contribution is 7.13. The van der Waals surface area contributed by atoms with Crippen LogP contribution in [0.2, 0.25) is 0 Å². The van der Waals surface area contributed by atoms with Gasteiger partial charge in [0.1, 0.15) is 5.76 Å². The van der Waals surface area contributed by atoms with Crippen LogP contribution in [0.3, 0.4) is 0 Å². The standard InChI is InChI=1S/C23H27N3O3S/c1-16-6-7-21(29-16)23-25-20(15-30-23)11-22(27)24-12-18-4-3-5-19(10-18)14-26-8-9-28-17(2)13-26/h3-7,10,15,17H,8-9,11-14H2,1-2H3,(H,24,27). The van der Waals surface area contributed by atoms with Crippen LogP contribution >= 0.6 is 11.3 Å². The Bertz CT molecular complexity index is 997. The number of ether oxygens (including phenoxy) is 1. The average Bonchev–Trinajstić information content (AvgIpc) is 3.36. The van der Waals surface area contributed by atoms with E-state index in [1.54, 1.807) is 0 Å². The lowest BCUT2D eigenvalue weighted by Crippen LogP contribution is -2.40. The van der Waals surface area contributed by atoms with E-state index in [0.29, 0.717) is 6.54 Å². The van der Waals surface area contributed by atoms with Gasteiger partial charge in [0.2, 0.25) is 5.91 Å². The fourth-order valence-electron chi connectivity index (χ4n) is 3.61. The number of benzene rings is 1. The van der Waals surface area contributed by atoms with E-state index in [2.05, 4.69) is 40.3 Å². The minimum Gasteiger partial charge on any atom is -0.459 e. The highest BCUT2D eigenvalue weighted by Crippen LogP contribution is 2.25. The zero-order valence-corrected chi connectivity index (χ0v) is 18.2. The molecule has 1 fully saturated rings. The van der Waals surface area contributed by atoms with Crippen molar-refractivity contribution in [3.63, 3.8) is 0 Å². The molecule has 1 aliphatic heterocycles. The first-order valence-electron chi connectivity index (χ1n) is 10.2. The zero-order valence-electron chi connectivity index (χ0n) is 17.4. The average molecular weight is 426 g/mol. The van der Waals surface area contributed by atoms with Crippen molar-refractivity contribution in [2.45, 2.75) is 39.5 Å². The van der Waals surface area contributed by atoms with Gasteiger partial charge in [-0.2, -0.15) is 0 Å². The molecule has 1 aromatic carbocycles. The number of carbonyl (C=O) groups is 1. The summed E-state index contributed by atoms with van der Waals surface area (Å²) in [5.41, 5.74) is 3.12. The summed E-state index contributed by atoms with van der Waals surface area (Å²) in [7, 11) is 0. The Morgan fingerprint density at radius 1 is 1.30 bits per heavy atom. The molecule has 1 N–H and O–H groups in total. The summed E-state index contributed by atoms with van der Waals surface area (Å²) in [6.45, 7) is 8.13. The number of morpholine rings is 1. The molecule has 2 aromatic heterocycles. The van der Waals surface area contributed by atoms with Gasteiger partial charge in [-0.05, 0) is 37.1 Å². The molecule has 1 unspecified atom stereocenters. The van der Waals surface area contributed by atoms with Crippen molar-refractivity contribution in [1.29, 1.82) is 0 Å². The molecule has 0 bridgehead atoms. The normalized spacial score (nSPS) is 17.2. The fourth-order valence-corrected chi connectivity index (χ4v) is 4.39. The van der Waals surface area contributed by atoms with Gasteiger partial charge in [-0.25, -0.2) is 4.98 Å². The van der Waals surface area contributed by atoms with E-state index in [1.807, 2.05) is 30.5 Å². The summed E-state index contributed by atoms with van der Waals surface area (Å²) in [5.74, 6) is 1.57. The molecule has 3 heterocycles. The summed E-state index contributed by atoms with van der Waals surface area (Å²) in [6, 6.07) is 12.2. The Balaban J connectivity index is 1.28. The van der Waals surface area contributed by atoms with Crippen LogP contribution in [0, 0.1) is 6.92 Å². The second kappa shape index (κ2) is 9.55. The van der Waals surface area contributed by atoms with Gasteiger partial charge in [0.25, 0.3) is 0 Å². The number of aromatic nitrogens is 1. The molecule has 6 nitrogen and oxygen atoms in total. The fraction of sp³-hybridized carbons (Fsp3) is 0.391. The lowest BCUT2D eigenvalue weighted by atomic mass is 10.1. The van der Waals surface area contributed by atoms with Gasteiger partial charge < -0.3 is 14.5 Å². The maximum atomic E-state index is 12.4. The van der Waals surface area contributed by atoms with Gasteiger partial charge in [0, 0.05) is 31.6 Å². The highest BCUT2D eigenvalue weighted by Gasteiger charge is 2.17. The quantitative estimate of drug-likeness (QED) is 0.624. The van der Waals surface area contributed by atoms with Gasteiger partial charge in [0.05, 0.1) is 24.8 Å². The number of furan rings is 1. The minimum absolute atomic E-state index is 0.0325. The first-order valence-corrected chi connectivity index (χ1v) is 11.1. The van der Waals surface area contributed by atoms with Crippen LogP contribution < -0.4 is 5.32 Å². The van der Waals surface area contributed by atoms with Crippen molar-refractivity contribution >= 4 is 17.2 Å². The van der Waals surface area contributed by atoms with Gasteiger partial charge in [-0.3, -0.25) is 9.69 Å². The van der Waals surface area contributed by atoms with E-state index in [0.717, 1.165) is 54.0 Å². The summed E-state index contributed by atoms with van der Waals surface area (Å²) in [5, 5.41) is 5.72. The topological polar surface area (TPSA) is 67.6 Å². The molecular weight excluding hydrogens is 398 g/mol. The number of hydrogen-bond donors (Lipinski definition) is 1. The molecule has 0 spiro atoms. The van der Waals surface area contributed by atoms with E-state index in [1.165, 1.54) is 16.9 Å². The summed E-state index contributed by atoms with van der Waals surface area (Å²) >= 11 is 1.49. The highest BCUT2D eigenvalue weighted by atomic mass is 32.1. The molecule has 1 aliphatic rings. The van der Waals surface area contributed by atoms with Gasteiger partial charge in [-0.15, -0.1) is 11.3 Å². The van der Waals surface area contributed by atoms with Crippen molar-refractivity contribution in [3.05, 3.63) is 64.4 Å². The third-order valence-electron chi connectivity index (χ3n) is 5.06. The van der Waals surface area contributed by atoms with E-state index < -0.39 is 0 Å². The van der Waals surface area contributed by atoms with Gasteiger partial charge >= 0.3 is 0 Å². The Labute approximate surface area is 180 Å². The van der Waals surface area contributed by atoms with Gasteiger partial charge in [-0.1, -0.05) is 24.3 Å². The predicted octanol–water partition coefficient (Wildman–Crippen LogP) is 3.79. The van der Waals surface area contributed by atoms with Crippen LogP contribution in [0.1, 0.15) is 29.5 Å². The maximum absolute atomic E-state index is 12.4. The van der Waals surface area contributed by atoms with Crippen LogP contribution in [0.5, 0.6) is 0 Å². The van der Waals surface area contributed by atoms with E-state index >= 15 is 0 Å². The predicted molar refractivity (Wildman–Crippen MR) is 117 cm³/mol. The molecule has 0 saturated carbocycles. The molecule has 30 heavy (non-hydrogen) atoms. The summed E-state index contributed by atoms with van der Waals surface area (Å²) < 4.78 is 11.2. The third kappa shape index (κ3) is 5.56. The summed E-state index contributed by atoms with van der Waals surface area (Å²) in [6.07, 6.45) is 0.547. The van der Waals surface area contributed by atoms with E-state index in [-0.39, 0.29) is 18.4 Å². The lowest BCUT2D eigenvalue weighted by molar-refractivity contribution is -0.120. The van der Waals surface area contributed by atoms with Crippen molar-refractivity contribution in [3.8, 4) is 10.8 Å². The van der Waals surface area contributed by atoms with Crippen LogP contribution in [-0.4, -0.2) is 41.6 Å². The first-order chi connectivity index (χ1) is 14.5. The van der Waals surface area contributed by atoms with Crippen molar-refractivity contribution in [1.82, 2.24) is 15.2 Å². The molecule has 1 saturated heterocycles. The molecule has 0 radical (unpaired) electrons. The first kappa shape index (κ1) is 20.8. The third-order valence-corrected chi connectivity index (χ3v) is 5.96. The van der Waals surface area contributed by atoms with Crippen molar-refractivity contribution < 1.29 is 13.9 Å². The number of rotatable bonds is 7. The van der Waals surface area contributed by atoms with Crippen LogP contribution in [0.25, 0.3) is 10.8 Å². The van der Waals surface area contributed by atoms with E-state index in [9.17, 15) is 4.79 Å². The molecule has 7 heteroatoms. The number of aryl methyl sites for hydroxylation is 1. The number of nitrogens with zero attached hydrogens (tertiary/aromatic N) is 2. The molecule has 4 rings (SSSR count). The van der Waals surface area contributed by atoms with Crippen molar-refractivity contribution in [2.75, 3.05) is 19.7 Å². The SMILES string of the molecule is Cc1ccc(-c2nc(CC(=O)NCc3cccc(CN4CCOC(C)C4)c3)cs2)o1. The second-order valence-electron chi connectivity index (χ2n) is 7.74. The number of carbonyl (C=O) groups excluding carboxylic acids is 1. The maximum Gasteiger partial charge on any atom is 0.226 e. The monoisotopic (exact) mass is 425 g/mol. The summed E-state index contributed by atoms with van der Waals surface area (Å²) in [4.78, 5) is 19.3. The van der Waals surface area contributed by atoms with Gasteiger partial charge in [0.15, 0.2) is 10.8 Å². The molecule has 1 amide bonds. The number of thiazole rings is 1. The second-order valence-corrected chi connectivity index (χ2v) is 8.60. The minimum atomic E-state index is -0.0325. The van der Waals surface area contributed by atoms with Crippen LogP contribution in [0.15, 0.2) is 46.2 Å². The molecule has 0 aliphatic carbocycles. The number of hydrogen-bond acceptors (Lipinski definition) is 6. The zero-order chi connectivity index (χ0) is 20.9. The number of nitrogens with one attached hydrogen (secondary N) is 1. The molecule has 1 atom stereocenters. The Morgan fingerprint density at radius 3 is 2.97 bits per heavy atom. The Kier molecular flexibility index (Phi) is 6.62. The molecular formula is C23H27N3O3S. The lowest BCUT2D eigenvalue weighted by Gasteiger charge is -2.31. The smallest absolute Gasteiger partial charge is 0.226 e.